The SMILES string of the molecule is CCC(=NNC(=O)COc1ccc(Cl)cc1)c1ccc(Cl)cc1Cl. The summed E-state index contributed by atoms with van der Waals surface area (Å²) in [5.41, 5.74) is 3.84. The number of hydrogen-bond acceptors (Lipinski definition) is 3. The molecule has 4 nitrogen and oxygen atoms in total. The fraction of sp³-hybridized carbons (Fsp3) is 0.176. The molecule has 0 aliphatic carbocycles. The van der Waals surface area contributed by atoms with E-state index >= 15 is 0 Å². The van der Waals surface area contributed by atoms with Crippen LogP contribution in [0.2, 0.25) is 15.1 Å². The Kier molecular flexibility index (Phi) is 6.91. The summed E-state index contributed by atoms with van der Waals surface area (Å²) >= 11 is 17.8. The van der Waals surface area contributed by atoms with E-state index in [1.54, 1.807) is 42.5 Å². The summed E-state index contributed by atoms with van der Waals surface area (Å²) < 4.78 is 5.35. The second kappa shape index (κ2) is 8.92. The van der Waals surface area contributed by atoms with Gasteiger partial charge in [-0.3, -0.25) is 4.79 Å². The Labute approximate surface area is 155 Å². The molecule has 2 rings (SSSR count). The lowest BCUT2D eigenvalue weighted by molar-refractivity contribution is -0.123. The molecule has 0 heterocycles. The van der Waals surface area contributed by atoms with Gasteiger partial charge in [-0.1, -0.05) is 47.8 Å². The second-order valence-electron chi connectivity index (χ2n) is 4.81. The highest BCUT2D eigenvalue weighted by molar-refractivity contribution is 6.37. The van der Waals surface area contributed by atoms with Crippen LogP contribution >= 0.6 is 34.8 Å². The molecule has 0 fully saturated rings. The molecular formula is C17H15Cl3N2O2. The molecule has 0 saturated carbocycles. The molecule has 126 valence electrons. The van der Waals surface area contributed by atoms with Crippen LogP contribution < -0.4 is 10.2 Å². The highest BCUT2D eigenvalue weighted by Crippen LogP contribution is 2.22. The van der Waals surface area contributed by atoms with Crippen molar-refractivity contribution in [2.45, 2.75) is 13.3 Å². The minimum Gasteiger partial charge on any atom is -0.484 e. The van der Waals surface area contributed by atoms with Crippen LogP contribution in [-0.4, -0.2) is 18.2 Å². The first-order valence-corrected chi connectivity index (χ1v) is 8.32. The number of ether oxygens (including phenoxy) is 1. The summed E-state index contributed by atoms with van der Waals surface area (Å²) in [6.45, 7) is 1.76. The van der Waals surface area contributed by atoms with Gasteiger partial charge < -0.3 is 4.74 Å². The summed E-state index contributed by atoms with van der Waals surface area (Å²) in [5.74, 6) is 0.177. The summed E-state index contributed by atoms with van der Waals surface area (Å²) in [6, 6.07) is 11.9. The van der Waals surface area contributed by atoms with Gasteiger partial charge in [-0.15, -0.1) is 0 Å². The Balaban J connectivity index is 1.96. The Morgan fingerprint density at radius 2 is 1.75 bits per heavy atom. The van der Waals surface area contributed by atoms with Gasteiger partial charge in [0.15, 0.2) is 6.61 Å². The Hall–Kier alpha value is -1.75. The average molecular weight is 386 g/mol. The zero-order valence-electron chi connectivity index (χ0n) is 12.9. The molecule has 0 radical (unpaired) electrons. The van der Waals surface area contributed by atoms with Crippen LogP contribution in [0.3, 0.4) is 0 Å². The van der Waals surface area contributed by atoms with Crippen molar-refractivity contribution < 1.29 is 9.53 Å². The summed E-state index contributed by atoms with van der Waals surface area (Å²) in [6.07, 6.45) is 0.597. The highest BCUT2D eigenvalue weighted by atomic mass is 35.5. The van der Waals surface area contributed by atoms with Gasteiger partial charge in [-0.25, -0.2) is 5.43 Å². The molecule has 0 aromatic heterocycles. The molecule has 0 saturated heterocycles. The minimum absolute atomic E-state index is 0.156. The number of benzene rings is 2. The van der Waals surface area contributed by atoms with Gasteiger partial charge in [0.25, 0.3) is 5.91 Å². The molecule has 0 spiro atoms. The van der Waals surface area contributed by atoms with Gasteiger partial charge in [-0.2, -0.15) is 5.10 Å². The van der Waals surface area contributed by atoms with Crippen molar-refractivity contribution in [1.82, 2.24) is 5.43 Å². The number of rotatable bonds is 6. The first-order valence-electron chi connectivity index (χ1n) is 7.18. The van der Waals surface area contributed by atoms with Gasteiger partial charge in [0.05, 0.1) is 10.7 Å². The lowest BCUT2D eigenvalue weighted by atomic mass is 10.1. The molecule has 0 bridgehead atoms. The maximum absolute atomic E-state index is 11.9. The van der Waals surface area contributed by atoms with E-state index in [0.717, 1.165) is 5.56 Å². The maximum Gasteiger partial charge on any atom is 0.277 e. The van der Waals surface area contributed by atoms with Crippen LogP contribution in [-0.2, 0) is 4.79 Å². The van der Waals surface area contributed by atoms with Gasteiger partial charge in [0.2, 0.25) is 0 Å². The molecule has 1 N–H and O–H groups in total. The van der Waals surface area contributed by atoms with E-state index in [-0.39, 0.29) is 12.5 Å². The zero-order chi connectivity index (χ0) is 17.5. The lowest BCUT2D eigenvalue weighted by Gasteiger charge is -2.08. The molecule has 0 unspecified atom stereocenters. The van der Waals surface area contributed by atoms with Crippen LogP contribution in [0.25, 0.3) is 0 Å². The zero-order valence-corrected chi connectivity index (χ0v) is 15.1. The van der Waals surface area contributed by atoms with Gasteiger partial charge in [0.1, 0.15) is 5.75 Å². The van der Waals surface area contributed by atoms with Crippen molar-refractivity contribution in [3.05, 3.63) is 63.1 Å². The minimum atomic E-state index is -0.374. The summed E-state index contributed by atoms with van der Waals surface area (Å²) in [5, 5.41) is 5.74. The number of carbonyl (C=O) groups excluding carboxylic acids is 1. The van der Waals surface area contributed by atoms with E-state index in [1.807, 2.05) is 6.92 Å². The number of carbonyl (C=O) groups is 1. The monoisotopic (exact) mass is 384 g/mol. The molecule has 0 aliphatic rings. The standard InChI is InChI=1S/C17H15Cl3N2O2/c1-2-16(14-8-5-12(19)9-15(14)20)21-22-17(23)10-24-13-6-3-11(18)4-7-13/h3-9H,2,10H2,1H3,(H,22,23). The largest absolute Gasteiger partial charge is 0.484 e. The number of halogens is 3. The van der Waals surface area contributed by atoms with Crippen LogP contribution in [0.4, 0.5) is 0 Å². The fourth-order valence-electron chi connectivity index (χ4n) is 1.90. The molecule has 2 aromatic carbocycles. The van der Waals surface area contributed by atoms with Crippen LogP contribution in [0, 0.1) is 0 Å². The van der Waals surface area contributed by atoms with Crippen molar-refractivity contribution in [2.24, 2.45) is 5.10 Å². The van der Waals surface area contributed by atoms with E-state index < -0.39 is 0 Å². The normalized spacial score (nSPS) is 11.2. The number of hydrazone groups is 1. The van der Waals surface area contributed by atoms with Crippen molar-refractivity contribution in [3.63, 3.8) is 0 Å². The molecule has 2 aromatic rings. The van der Waals surface area contributed by atoms with Gasteiger partial charge >= 0.3 is 0 Å². The number of nitrogens with one attached hydrogen (secondary N) is 1. The number of hydrogen-bond donors (Lipinski definition) is 1. The Bertz CT molecular complexity index is 746. The Morgan fingerprint density at radius 3 is 2.38 bits per heavy atom. The molecule has 0 aliphatic heterocycles. The molecule has 24 heavy (non-hydrogen) atoms. The topological polar surface area (TPSA) is 50.7 Å². The van der Waals surface area contributed by atoms with Crippen LogP contribution in [0.5, 0.6) is 5.75 Å². The third-order valence-corrected chi connectivity index (χ3v) is 3.88. The van der Waals surface area contributed by atoms with Crippen LogP contribution in [0.15, 0.2) is 47.6 Å². The molecule has 7 heteroatoms. The number of amides is 1. The predicted octanol–water partition coefficient (Wildman–Crippen LogP) is 4.96. The van der Waals surface area contributed by atoms with Crippen molar-refractivity contribution in [1.29, 1.82) is 0 Å². The maximum atomic E-state index is 11.9. The van der Waals surface area contributed by atoms with Crippen molar-refractivity contribution >= 4 is 46.4 Å². The van der Waals surface area contributed by atoms with Crippen molar-refractivity contribution in [3.8, 4) is 5.75 Å². The van der Waals surface area contributed by atoms with Crippen molar-refractivity contribution in [2.75, 3.05) is 6.61 Å². The van der Waals surface area contributed by atoms with E-state index in [9.17, 15) is 4.79 Å². The van der Waals surface area contributed by atoms with Gasteiger partial charge in [0, 0.05) is 15.6 Å². The third kappa shape index (κ3) is 5.41. The van der Waals surface area contributed by atoms with Crippen LogP contribution in [0.1, 0.15) is 18.9 Å². The van der Waals surface area contributed by atoms with E-state index in [1.165, 1.54) is 0 Å². The Morgan fingerprint density at radius 1 is 1.08 bits per heavy atom. The molecular weight excluding hydrogens is 371 g/mol. The van der Waals surface area contributed by atoms with Gasteiger partial charge in [-0.05, 0) is 42.8 Å². The van der Waals surface area contributed by atoms with E-state index in [0.29, 0.717) is 32.9 Å². The third-order valence-electron chi connectivity index (χ3n) is 3.08. The quantitative estimate of drug-likeness (QED) is 0.564. The molecule has 0 atom stereocenters. The first kappa shape index (κ1) is 18.6. The summed E-state index contributed by atoms with van der Waals surface area (Å²) in [7, 11) is 0. The molecule has 1 amide bonds. The average Bonchev–Trinajstić information content (AvgIpc) is 2.56. The first-order chi connectivity index (χ1) is 11.5. The summed E-state index contributed by atoms with van der Waals surface area (Å²) in [4.78, 5) is 11.9. The lowest BCUT2D eigenvalue weighted by Crippen LogP contribution is -2.26. The number of nitrogens with zero attached hydrogens (tertiary/aromatic N) is 1. The smallest absolute Gasteiger partial charge is 0.277 e. The van der Waals surface area contributed by atoms with E-state index in [2.05, 4.69) is 10.5 Å². The second-order valence-corrected chi connectivity index (χ2v) is 6.09. The highest BCUT2D eigenvalue weighted by Gasteiger charge is 2.09. The van der Waals surface area contributed by atoms with E-state index in [4.69, 9.17) is 39.5 Å². The predicted molar refractivity (Wildman–Crippen MR) is 98.4 cm³/mol. The fourth-order valence-corrected chi connectivity index (χ4v) is 2.54.